The van der Waals surface area contributed by atoms with Gasteiger partial charge >= 0.3 is 0 Å². The minimum atomic E-state index is -0.0772. The highest BCUT2D eigenvalue weighted by molar-refractivity contribution is 5.19. The Kier molecular flexibility index (Phi) is 4.66. The Morgan fingerprint density at radius 3 is 3.04 bits per heavy atom. The van der Waals surface area contributed by atoms with Crippen LogP contribution in [-0.4, -0.2) is 48.5 Å². The third-order valence-corrected chi connectivity index (χ3v) is 4.83. The number of imidazole rings is 1. The summed E-state index contributed by atoms with van der Waals surface area (Å²) in [6, 6.07) is 5.58. The summed E-state index contributed by atoms with van der Waals surface area (Å²) in [7, 11) is 0. The van der Waals surface area contributed by atoms with Gasteiger partial charge in [-0.15, -0.1) is 0 Å². The van der Waals surface area contributed by atoms with E-state index in [0.29, 0.717) is 18.4 Å². The second-order valence-corrected chi connectivity index (χ2v) is 6.70. The SMILES string of the molecule is Cc1cc(CCN2CCCC2Cn2nc(-n3ccnc3)ccc2=O)on1. The van der Waals surface area contributed by atoms with Gasteiger partial charge < -0.3 is 4.52 Å². The highest BCUT2D eigenvalue weighted by atomic mass is 16.5. The van der Waals surface area contributed by atoms with Crippen LogP contribution in [0.4, 0.5) is 0 Å². The summed E-state index contributed by atoms with van der Waals surface area (Å²) in [5.74, 6) is 1.61. The maximum Gasteiger partial charge on any atom is 0.266 e. The minimum absolute atomic E-state index is 0.0772. The van der Waals surface area contributed by atoms with E-state index >= 15 is 0 Å². The molecule has 1 aliphatic heterocycles. The highest BCUT2D eigenvalue weighted by Gasteiger charge is 2.25. The van der Waals surface area contributed by atoms with E-state index < -0.39 is 0 Å². The van der Waals surface area contributed by atoms with Gasteiger partial charge in [0.1, 0.15) is 12.1 Å². The molecular formula is C18H22N6O2. The van der Waals surface area contributed by atoms with Crippen LogP contribution < -0.4 is 5.56 Å². The number of likely N-dealkylation sites (tertiary alicyclic amines) is 1. The number of hydrogen-bond acceptors (Lipinski definition) is 6. The van der Waals surface area contributed by atoms with Crippen molar-refractivity contribution < 1.29 is 4.52 Å². The van der Waals surface area contributed by atoms with E-state index in [-0.39, 0.29) is 5.56 Å². The number of aryl methyl sites for hydroxylation is 1. The van der Waals surface area contributed by atoms with Crippen molar-refractivity contribution >= 4 is 0 Å². The fraction of sp³-hybridized carbons (Fsp3) is 0.444. The van der Waals surface area contributed by atoms with E-state index in [9.17, 15) is 4.79 Å². The maximum absolute atomic E-state index is 12.3. The summed E-state index contributed by atoms with van der Waals surface area (Å²) in [6.45, 7) is 4.46. The maximum atomic E-state index is 12.3. The Hall–Kier alpha value is -2.74. The number of aromatic nitrogens is 5. The normalized spacial score (nSPS) is 17.8. The zero-order valence-electron chi connectivity index (χ0n) is 14.8. The molecule has 136 valence electrons. The Labute approximate surface area is 151 Å². The largest absolute Gasteiger partial charge is 0.361 e. The summed E-state index contributed by atoms with van der Waals surface area (Å²) in [6.07, 6.45) is 8.22. The molecule has 4 rings (SSSR count). The molecule has 8 heteroatoms. The van der Waals surface area contributed by atoms with Crippen LogP contribution in [0.5, 0.6) is 0 Å². The van der Waals surface area contributed by atoms with Gasteiger partial charge in [0.15, 0.2) is 5.82 Å². The molecule has 1 aliphatic rings. The van der Waals surface area contributed by atoms with Crippen molar-refractivity contribution in [3.63, 3.8) is 0 Å². The molecule has 0 spiro atoms. The van der Waals surface area contributed by atoms with Crippen molar-refractivity contribution in [3.8, 4) is 5.82 Å². The highest BCUT2D eigenvalue weighted by Crippen LogP contribution is 2.19. The molecule has 0 aromatic carbocycles. The Morgan fingerprint density at radius 2 is 2.27 bits per heavy atom. The molecule has 3 aromatic rings. The monoisotopic (exact) mass is 354 g/mol. The summed E-state index contributed by atoms with van der Waals surface area (Å²) >= 11 is 0. The van der Waals surface area contributed by atoms with Crippen LogP contribution in [0.25, 0.3) is 5.82 Å². The zero-order valence-corrected chi connectivity index (χ0v) is 14.8. The van der Waals surface area contributed by atoms with Gasteiger partial charge in [-0.1, -0.05) is 5.16 Å². The van der Waals surface area contributed by atoms with Gasteiger partial charge in [0.25, 0.3) is 5.56 Å². The van der Waals surface area contributed by atoms with Crippen LogP contribution in [0.3, 0.4) is 0 Å². The molecule has 0 radical (unpaired) electrons. The molecule has 1 unspecified atom stereocenters. The molecule has 0 aliphatic carbocycles. The molecule has 26 heavy (non-hydrogen) atoms. The Morgan fingerprint density at radius 1 is 1.35 bits per heavy atom. The molecule has 1 fully saturated rings. The van der Waals surface area contributed by atoms with Gasteiger partial charge in [-0.2, -0.15) is 5.10 Å². The lowest BCUT2D eigenvalue weighted by atomic mass is 10.2. The van der Waals surface area contributed by atoms with Gasteiger partial charge in [0.05, 0.1) is 12.2 Å². The Bertz CT molecular complexity index is 914. The van der Waals surface area contributed by atoms with E-state index in [1.807, 2.05) is 19.2 Å². The molecule has 0 bridgehead atoms. The van der Waals surface area contributed by atoms with Crippen LogP contribution >= 0.6 is 0 Å². The van der Waals surface area contributed by atoms with Crippen LogP contribution in [-0.2, 0) is 13.0 Å². The van der Waals surface area contributed by atoms with Gasteiger partial charge in [0, 0.05) is 43.5 Å². The van der Waals surface area contributed by atoms with Crippen LogP contribution in [0.1, 0.15) is 24.3 Å². The molecule has 3 aromatic heterocycles. The van der Waals surface area contributed by atoms with Crippen molar-refractivity contribution in [2.24, 2.45) is 0 Å². The topological polar surface area (TPSA) is 82.0 Å². The van der Waals surface area contributed by atoms with E-state index in [4.69, 9.17) is 4.52 Å². The summed E-state index contributed by atoms with van der Waals surface area (Å²) < 4.78 is 8.67. The molecule has 8 nitrogen and oxygen atoms in total. The van der Waals surface area contributed by atoms with Crippen LogP contribution in [0.15, 0.2) is 46.2 Å². The van der Waals surface area contributed by atoms with Crippen LogP contribution in [0.2, 0.25) is 0 Å². The second kappa shape index (κ2) is 7.25. The average molecular weight is 354 g/mol. The fourth-order valence-corrected chi connectivity index (χ4v) is 3.49. The first-order valence-corrected chi connectivity index (χ1v) is 8.92. The molecule has 4 heterocycles. The smallest absolute Gasteiger partial charge is 0.266 e. The van der Waals surface area contributed by atoms with E-state index in [1.54, 1.807) is 33.9 Å². The third-order valence-electron chi connectivity index (χ3n) is 4.83. The minimum Gasteiger partial charge on any atom is -0.361 e. The van der Waals surface area contributed by atoms with E-state index in [1.165, 1.54) is 0 Å². The number of rotatable bonds is 6. The molecule has 0 saturated carbocycles. The third kappa shape index (κ3) is 3.60. The standard InChI is InChI=1S/C18H22N6O2/c1-14-11-16(26-21-14)6-9-22-8-2-3-15(22)12-24-18(25)5-4-17(20-24)23-10-7-19-13-23/h4-5,7,10-11,13,15H,2-3,6,8-9,12H2,1H3. The molecule has 0 N–H and O–H groups in total. The van der Waals surface area contributed by atoms with Crippen molar-refractivity contribution in [2.75, 3.05) is 13.1 Å². The molecule has 0 amide bonds. The number of hydrogen-bond donors (Lipinski definition) is 0. The summed E-state index contributed by atoms with van der Waals surface area (Å²) in [5.41, 5.74) is 0.830. The van der Waals surface area contributed by atoms with Gasteiger partial charge in [-0.05, 0) is 32.4 Å². The van der Waals surface area contributed by atoms with E-state index in [2.05, 4.69) is 20.1 Å². The van der Waals surface area contributed by atoms with Gasteiger partial charge in [0.2, 0.25) is 0 Å². The average Bonchev–Trinajstić information content (AvgIpc) is 3.37. The zero-order chi connectivity index (χ0) is 17.9. The second-order valence-electron chi connectivity index (χ2n) is 6.70. The van der Waals surface area contributed by atoms with Gasteiger partial charge in [-0.25, -0.2) is 9.67 Å². The predicted molar refractivity (Wildman–Crippen MR) is 95.2 cm³/mol. The first-order chi connectivity index (χ1) is 12.7. The van der Waals surface area contributed by atoms with Crippen LogP contribution in [0, 0.1) is 6.92 Å². The van der Waals surface area contributed by atoms with Crippen molar-refractivity contribution in [3.05, 3.63) is 58.7 Å². The molecule has 1 saturated heterocycles. The first kappa shape index (κ1) is 16.7. The van der Waals surface area contributed by atoms with Crippen molar-refractivity contribution in [1.29, 1.82) is 0 Å². The number of nitrogens with zero attached hydrogens (tertiary/aromatic N) is 6. The predicted octanol–water partition coefficient (Wildman–Crippen LogP) is 1.43. The fourth-order valence-electron chi connectivity index (χ4n) is 3.49. The summed E-state index contributed by atoms with van der Waals surface area (Å²) in [4.78, 5) is 18.7. The molecular weight excluding hydrogens is 332 g/mol. The lowest BCUT2D eigenvalue weighted by molar-refractivity contribution is 0.220. The van der Waals surface area contributed by atoms with Gasteiger partial charge in [-0.3, -0.25) is 14.3 Å². The lowest BCUT2D eigenvalue weighted by Crippen LogP contribution is -2.38. The quantitative estimate of drug-likeness (QED) is 0.666. The molecule has 1 atom stereocenters. The summed E-state index contributed by atoms with van der Waals surface area (Å²) in [5, 5.41) is 8.44. The first-order valence-electron chi connectivity index (χ1n) is 8.92. The lowest BCUT2D eigenvalue weighted by Gasteiger charge is -2.24. The van der Waals surface area contributed by atoms with Crippen molar-refractivity contribution in [2.45, 2.75) is 38.8 Å². The Balaban J connectivity index is 1.45. The van der Waals surface area contributed by atoms with E-state index in [0.717, 1.165) is 43.8 Å². The van der Waals surface area contributed by atoms with Crippen molar-refractivity contribution in [1.82, 2.24) is 29.4 Å².